The van der Waals surface area contributed by atoms with Gasteiger partial charge in [0.1, 0.15) is 47.2 Å². The molecule has 3 saturated heterocycles. The van der Waals surface area contributed by atoms with Crippen LogP contribution in [0.15, 0.2) is 72.1 Å². The molecule has 5 aromatic rings. The minimum Gasteiger partial charge on any atom is -0.444 e. The molecule has 5 heterocycles. The molecule has 3 aromatic carbocycles. The molecule has 3 atom stereocenters. The Hall–Kier alpha value is -6.99. The standard InChI is InChI=1S/2C15H15FIN5O3.C10H8FIN4O2.C5H7NO/c2*1-9(23)18-5-10-6-21(20-19-10)7-12-8-22(15(24)25-12)11-2-3-14(17)13(16)4-11;11-8-3-6(1-2-9(8)12)16-5-7(4-14-15-13)18-10(16)17;1-3-4-6-5(2)7/h2*2-4,6,12H,5,7-8H2,1H3,(H,18,23);1-3,7H,4-5H2;1H,4H2,2H3,(H,6,7)/t2*12-;7-;/m000./s1. The van der Waals surface area contributed by atoms with E-state index in [1.165, 1.54) is 53.7 Å². The first-order valence-corrected chi connectivity index (χ1v) is 25.2. The van der Waals surface area contributed by atoms with E-state index in [0.717, 1.165) is 0 Å². The average molecular weight is 1380 g/mol. The number of carbonyl (C=O) groups excluding carboxylic acids is 6. The van der Waals surface area contributed by atoms with Gasteiger partial charge in [-0.05, 0) is 128 Å². The van der Waals surface area contributed by atoms with Crippen molar-refractivity contribution < 1.29 is 56.1 Å². The second kappa shape index (κ2) is 28.6. The predicted molar refractivity (Wildman–Crippen MR) is 287 cm³/mol. The van der Waals surface area contributed by atoms with Gasteiger partial charge < -0.3 is 30.2 Å². The van der Waals surface area contributed by atoms with Crippen LogP contribution < -0.4 is 30.7 Å². The van der Waals surface area contributed by atoms with Gasteiger partial charge in [0.05, 0.1) is 88.4 Å². The molecule has 0 spiro atoms. The lowest BCUT2D eigenvalue weighted by Gasteiger charge is -2.13. The van der Waals surface area contributed by atoms with Crippen LogP contribution in [0.3, 0.4) is 0 Å². The molecule has 24 nitrogen and oxygen atoms in total. The maximum Gasteiger partial charge on any atom is 0.414 e. The van der Waals surface area contributed by atoms with E-state index in [1.54, 1.807) is 58.2 Å². The molecule has 3 fully saturated rings. The number of nitrogens with one attached hydrogen (secondary N) is 3. The molecule has 75 heavy (non-hydrogen) atoms. The van der Waals surface area contributed by atoms with Crippen molar-refractivity contribution in [2.45, 2.75) is 65.3 Å². The average Bonchev–Trinajstić information content (AvgIpc) is 4.23. The lowest BCUT2D eigenvalue weighted by atomic mass is 10.2. The van der Waals surface area contributed by atoms with Gasteiger partial charge in [0.25, 0.3) is 0 Å². The Morgan fingerprint density at radius 3 is 1.35 bits per heavy atom. The maximum atomic E-state index is 13.7. The highest BCUT2D eigenvalue weighted by Crippen LogP contribution is 2.28. The summed E-state index contributed by atoms with van der Waals surface area (Å²) >= 11 is 5.64. The molecule has 6 amide bonds. The van der Waals surface area contributed by atoms with Crippen molar-refractivity contribution in [3.63, 3.8) is 0 Å². The largest absolute Gasteiger partial charge is 0.444 e. The number of azide groups is 1. The van der Waals surface area contributed by atoms with Gasteiger partial charge in [0.15, 0.2) is 0 Å². The van der Waals surface area contributed by atoms with E-state index in [-0.39, 0.29) is 61.4 Å². The van der Waals surface area contributed by atoms with Crippen molar-refractivity contribution in [3.05, 3.63) is 117 Å². The second-order valence-electron chi connectivity index (χ2n) is 15.9. The molecule has 0 bridgehead atoms. The number of ether oxygens (including phenoxy) is 3. The maximum absolute atomic E-state index is 13.7. The summed E-state index contributed by atoms with van der Waals surface area (Å²) < 4.78 is 61.0. The number of aromatic nitrogens is 6. The predicted octanol–water partition coefficient (Wildman–Crippen LogP) is 6.19. The molecule has 30 heteroatoms. The number of hydrogen-bond donors (Lipinski definition) is 3. The van der Waals surface area contributed by atoms with Crippen LogP contribution in [0.4, 0.5) is 44.6 Å². The van der Waals surface area contributed by atoms with Gasteiger partial charge in [0, 0.05) is 36.4 Å². The molecule has 8 rings (SSSR count). The zero-order valence-electron chi connectivity index (χ0n) is 39.8. The molecular formula is C45H45F3I3N15O9. The Bertz CT molecular complexity index is 2840. The van der Waals surface area contributed by atoms with Gasteiger partial charge in [-0.2, -0.15) is 0 Å². The Morgan fingerprint density at radius 2 is 1.03 bits per heavy atom. The van der Waals surface area contributed by atoms with Crippen molar-refractivity contribution in [2.75, 3.05) is 47.4 Å². The fourth-order valence-corrected chi connectivity index (χ4v) is 7.62. The van der Waals surface area contributed by atoms with Crippen LogP contribution >= 0.6 is 67.8 Å². The van der Waals surface area contributed by atoms with Crippen LogP contribution in [0.25, 0.3) is 10.4 Å². The quantitative estimate of drug-likeness (QED) is 0.0280. The number of halogens is 6. The van der Waals surface area contributed by atoms with Gasteiger partial charge in [-0.25, -0.2) is 36.9 Å². The minimum absolute atomic E-state index is 0.0750. The van der Waals surface area contributed by atoms with E-state index < -0.39 is 36.6 Å². The number of anilines is 3. The van der Waals surface area contributed by atoms with E-state index in [1.807, 2.05) is 67.8 Å². The van der Waals surface area contributed by atoms with E-state index >= 15 is 0 Å². The molecule has 0 saturated carbocycles. The van der Waals surface area contributed by atoms with Gasteiger partial charge in [-0.3, -0.25) is 29.1 Å². The normalized spacial score (nSPS) is 16.3. The Kier molecular flexibility index (Phi) is 22.5. The van der Waals surface area contributed by atoms with Gasteiger partial charge in [0.2, 0.25) is 17.7 Å². The molecule has 3 aliphatic rings. The van der Waals surface area contributed by atoms with Crippen molar-refractivity contribution in [1.82, 2.24) is 45.9 Å². The molecule has 2 aromatic heterocycles. The third-order valence-electron chi connectivity index (χ3n) is 10.0. The van der Waals surface area contributed by atoms with Crippen molar-refractivity contribution in [2.24, 2.45) is 5.11 Å². The number of hydrogen-bond acceptors (Lipinski definition) is 14. The summed E-state index contributed by atoms with van der Waals surface area (Å²) in [5.41, 5.74) is 10.8. The fourth-order valence-electron chi connectivity index (χ4n) is 6.61. The van der Waals surface area contributed by atoms with Crippen LogP contribution in [0.5, 0.6) is 0 Å². The highest BCUT2D eigenvalue weighted by molar-refractivity contribution is 14.1. The molecule has 3 aliphatic heterocycles. The summed E-state index contributed by atoms with van der Waals surface area (Å²) in [7, 11) is 0. The summed E-state index contributed by atoms with van der Waals surface area (Å²) in [6.45, 7) is 6.72. The number of benzene rings is 3. The zero-order valence-corrected chi connectivity index (χ0v) is 46.3. The first kappa shape index (κ1) is 58.9. The summed E-state index contributed by atoms with van der Waals surface area (Å²) in [5, 5.41) is 26.8. The highest BCUT2D eigenvalue weighted by Gasteiger charge is 2.35. The van der Waals surface area contributed by atoms with Gasteiger partial charge in [-0.15, -0.1) is 16.6 Å². The summed E-state index contributed by atoms with van der Waals surface area (Å²) in [6.07, 6.45) is 5.22. The first-order chi connectivity index (χ1) is 35.7. The smallest absolute Gasteiger partial charge is 0.414 e. The molecule has 396 valence electrons. The first-order valence-electron chi connectivity index (χ1n) is 22.0. The number of carbonyl (C=O) groups is 6. The van der Waals surface area contributed by atoms with Crippen LogP contribution in [0.1, 0.15) is 32.2 Å². The molecule has 0 aliphatic carbocycles. The lowest BCUT2D eigenvalue weighted by molar-refractivity contribution is -0.120. The summed E-state index contributed by atoms with van der Waals surface area (Å²) in [6, 6.07) is 13.7. The fraction of sp³-hybridized carbons (Fsp3) is 0.333. The monoisotopic (exact) mass is 1380 g/mol. The summed E-state index contributed by atoms with van der Waals surface area (Å²) in [5.74, 6) is 0.724. The molecule has 0 radical (unpaired) electrons. The second-order valence-corrected chi connectivity index (χ2v) is 19.3. The number of amides is 6. The Balaban J connectivity index is 0.000000198. The van der Waals surface area contributed by atoms with Crippen LogP contribution in [-0.2, 0) is 54.8 Å². The molecule has 0 unspecified atom stereocenters. The minimum atomic E-state index is -0.561. The van der Waals surface area contributed by atoms with Crippen molar-refractivity contribution in [1.29, 1.82) is 0 Å². The van der Waals surface area contributed by atoms with E-state index in [2.05, 4.69) is 52.5 Å². The highest BCUT2D eigenvalue weighted by atomic mass is 127. The SMILES string of the molecule is C#CCNC(C)=O.CC(=O)NCc1cn(C[C@H]2CN(c3ccc(I)c(F)c3)C(=O)O2)nn1.CC(=O)NCc1cn(C[C@H]2CN(c3ccc(I)c(F)c3)C(=O)O2)nn1.[N-]=[N+]=NC[C@H]1CN(c2ccc(I)c(F)c2)C(=O)O1. The third kappa shape index (κ3) is 18.4. The Morgan fingerprint density at radius 1 is 0.667 bits per heavy atom. The number of terminal acetylenes is 1. The van der Waals surface area contributed by atoms with E-state index in [4.69, 9.17) is 26.2 Å². The van der Waals surface area contributed by atoms with Crippen molar-refractivity contribution in [3.8, 4) is 12.3 Å². The van der Waals surface area contributed by atoms with Gasteiger partial charge >= 0.3 is 18.3 Å². The van der Waals surface area contributed by atoms with Crippen LogP contribution in [0, 0.1) is 40.5 Å². The topological polar surface area (TPSA) is 286 Å². The van der Waals surface area contributed by atoms with Gasteiger partial charge in [-0.1, -0.05) is 21.5 Å². The third-order valence-corrected chi connectivity index (χ3v) is 12.7. The Labute approximate surface area is 466 Å². The number of cyclic esters (lactones) is 3. The van der Waals surface area contributed by atoms with E-state index in [0.29, 0.717) is 71.9 Å². The number of nitrogens with zero attached hydrogens (tertiary/aromatic N) is 12. The number of rotatable bonds is 14. The zero-order chi connectivity index (χ0) is 54.8. The van der Waals surface area contributed by atoms with Crippen molar-refractivity contribution >= 4 is 121 Å². The van der Waals surface area contributed by atoms with Crippen LogP contribution in [0.2, 0.25) is 0 Å². The van der Waals surface area contributed by atoms with Crippen LogP contribution in [-0.4, -0.2) is 117 Å². The lowest BCUT2D eigenvalue weighted by Crippen LogP contribution is -2.26. The molecule has 3 N–H and O–H groups in total. The molecular weight excluding hydrogens is 1330 g/mol. The van der Waals surface area contributed by atoms with E-state index in [9.17, 15) is 41.9 Å². The summed E-state index contributed by atoms with van der Waals surface area (Å²) in [4.78, 5) is 74.2.